The van der Waals surface area contributed by atoms with Gasteiger partial charge in [-0.3, -0.25) is 9.59 Å². The predicted octanol–water partition coefficient (Wildman–Crippen LogP) is 3.00. The lowest BCUT2D eigenvalue weighted by atomic mass is 10.0. The SMILES string of the molecule is Cc1c(CNCC(=O)OC(C)(C)C)cc(CC(=O)O)cc1N=[N+]=[N-]. The molecule has 130 valence electrons. The van der Waals surface area contributed by atoms with Gasteiger partial charge in [-0.05, 0) is 56.0 Å². The smallest absolute Gasteiger partial charge is 0.320 e. The molecule has 1 rings (SSSR count). The number of carboxylic acid groups (broad SMARTS) is 1. The first-order chi connectivity index (χ1) is 11.1. The second kappa shape index (κ2) is 8.33. The van der Waals surface area contributed by atoms with Crippen LogP contribution in [0.2, 0.25) is 0 Å². The van der Waals surface area contributed by atoms with E-state index in [0.29, 0.717) is 17.8 Å². The Bertz CT molecular complexity index is 673. The molecule has 0 aromatic heterocycles. The summed E-state index contributed by atoms with van der Waals surface area (Å²) in [5.41, 5.74) is 10.5. The Morgan fingerprint density at radius 1 is 1.38 bits per heavy atom. The maximum atomic E-state index is 11.7. The number of ether oxygens (including phenoxy) is 1. The summed E-state index contributed by atoms with van der Waals surface area (Å²) in [7, 11) is 0. The van der Waals surface area contributed by atoms with Crippen LogP contribution in [0.5, 0.6) is 0 Å². The second-order valence-electron chi connectivity index (χ2n) is 6.35. The highest BCUT2D eigenvalue weighted by atomic mass is 16.6. The van der Waals surface area contributed by atoms with Crippen molar-refractivity contribution in [1.29, 1.82) is 0 Å². The van der Waals surface area contributed by atoms with E-state index < -0.39 is 11.6 Å². The molecule has 0 fully saturated rings. The van der Waals surface area contributed by atoms with Gasteiger partial charge in [-0.25, -0.2) is 0 Å². The van der Waals surface area contributed by atoms with Gasteiger partial charge in [0.05, 0.1) is 13.0 Å². The third-order valence-electron chi connectivity index (χ3n) is 3.06. The van der Waals surface area contributed by atoms with Gasteiger partial charge >= 0.3 is 11.9 Å². The van der Waals surface area contributed by atoms with E-state index in [1.165, 1.54) is 0 Å². The zero-order chi connectivity index (χ0) is 18.3. The summed E-state index contributed by atoms with van der Waals surface area (Å²) in [5, 5.41) is 15.5. The number of carbonyl (C=O) groups is 2. The number of benzene rings is 1. The molecule has 0 radical (unpaired) electrons. The highest BCUT2D eigenvalue weighted by Gasteiger charge is 2.16. The number of esters is 1. The van der Waals surface area contributed by atoms with Crippen molar-refractivity contribution >= 4 is 17.6 Å². The first-order valence-corrected chi connectivity index (χ1v) is 7.44. The molecule has 0 aliphatic heterocycles. The summed E-state index contributed by atoms with van der Waals surface area (Å²) >= 11 is 0. The van der Waals surface area contributed by atoms with Crippen molar-refractivity contribution < 1.29 is 19.4 Å². The highest BCUT2D eigenvalue weighted by molar-refractivity contribution is 5.72. The van der Waals surface area contributed by atoms with Gasteiger partial charge in [0.1, 0.15) is 5.60 Å². The number of hydrogen-bond acceptors (Lipinski definition) is 5. The fraction of sp³-hybridized carbons (Fsp3) is 0.500. The van der Waals surface area contributed by atoms with Gasteiger partial charge < -0.3 is 15.2 Å². The van der Waals surface area contributed by atoms with Crippen molar-refractivity contribution in [3.63, 3.8) is 0 Å². The molecule has 1 aromatic carbocycles. The molecule has 24 heavy (non-hydrogen) atoms. The molecule has 2 N–H and O–H groups in total. The molecule has 0 bridgehead atoms. The number of nitrogens with one attached hydrogen (secondary N) is 1. The quantitative estimate of drug-likeness (QED) is 0.343. The van der Waals surface area contributed by atoms with E-state index in [-0.39, 0.29) is 18.9 Å². The third-order valence-corrected chi connectivity index (χ3v) is 3.06. The average Bonchev–Trinajstić information content (AvgIpc) is 2.41. The lowest BCUT2D eigenvalue weighted by Crippen LogP contribution is -2.31. The van der Waals surface area contributed by atoms with Crippen LogP contribution in [-0.4, -0.2) is 29.2 Å². The van der Waals surface area contributed by atoms with Gasteiger partial charge in [-0.1, -0.05) is 11.2 Å². The van der Waals surface area contributed by atoms with Crippen molar-refractivity contribution in [2.45, 2.75) is 46.3 Å². The summed E-state index contributed by atoms with van der Waals surface area (Å²) in [5.74, 6) is -1.35. The molecule has 0 saturated heterocycles. The summed E-state index contributed by atoms with van der Waals surface area (Å²) in [6.45, 7) is 7.49. The fourth-order valence-electron chi connectivity index (χ4n) is 2.11. The average molecular weight is 334 g/mol. The molecule has 8 nitrogen and oxygen atoms in total. The first kappa shape index (κ1) is 19.5. The Kier molecular flexibility index (Phi) is 6.76. The zero-order valence-corrected chi connectivity index (χ0v) is 14.3. The first-order valence-electron chi connectivity index (χ1n) is 7.44. The van der Waals surface area contributed by atoms with E-state index in [9.17, 15) is 9.59 Å². The largest absolute Gasteiger partial charge is 0.481 e. The molecule has 0 atom stereocenters. The Hall–Kier alpha value is -2.57. The zero-order valence-electron chi connectivity index (χ0n) is 14.3. The summed E-state index contributed by atoms with van der Waals surface area (Å²) in [4.78, 5) is 25.3. The maximum Gasteiger partial charge on any atom is 0.320 e. The van der Waals surface area contributed by atoms with Crippen LogP contribution < -0.4 is 5.32 Å². The van der Waals surface area contributed by atoms with Gasteiger partial charge in [0.25, 0.3) is 0 Å². The van der Waals surface area contributed by atoms with E-state index >= 15 is 0 Å². The van der Waals surface area contributed by atoms with Gasteiger partial charge in [0.15, 0.2) is 0 Å². The van der Waals surface area contributed by atoms with Crippen LogP contribution in [0.4, 0.5) is 5.69 Å². The number of nitrogens with zero attached hydrogens (tertiary/aromatic N) is 3. The Morgan fingerprint density at radius 3 is 2.58 bits per heavy atom. The normalized spacial score (nSPS) is 10.8. The van der Waals surface area contributed by atoms with Crippen LogP contribution in [0.25, 0.3) is 10.4 Å². The van der Waals surface area contributed by atoms with E-state index in [4.69, 9.17) is 15.4 Å². The monoisotopic (exact) mass is 334 g/mol. The molecular weight excluding hydrogens is 312 g/mol. The minimum absolute atomic E-state index is 0.0245. The Labute approximate surface area is 140 Å². The molecule has 0 spiro atoms. The fourth-order valence-corrected chi connectivity index (χ4v) is 2.11. The maximum absolute atomic E-state index is 11.7. The topological polar surface area (TPSA) is 124 Å². The van der Waals surface area contributed by atoms with Crippen molar-refractivity contribution in [1.82, 2.24) is 5.32 Å². The van der Waals surface area contributed by atoms with Crippen molar-refractivity contribution in [3.8, 4) is 0 Å². The molecule has 8 heteroatoms. The van der Waals surface area contributed by atoms with Gasteiger partial charge in [-0.15, -0.1) is 0 Å². The van der Waals surface area contributed by atoms with Crippen molar-refractivity contribution in [2.24, 2.45) is 5.11 Å². The standard InChI is InChI=1S/C16H22N4O4/c1-10-12(8-18-9-15(23)24-16(2,3)4)5-11(7-14(21)22)6-13(10)19-20-17/h5-6,18H,7-9H2,1-4H3,(H,21,22). The van der Waals surface area contributed by atoms with Crippen LogP contribution in [0, 0.1) is 6.92 Å². The van der Waals surface area contributed by atoms with Gasteiger partial charge in [-0.2, -0.15) is 0 Å². The minimum Gasteiger partial charge on any atom is -0.481 e. The third kappa shape index (κ3) is 6.68. The molecule has 0 amide bonds. The molecule has 1 aromatic rings. The van der Waals surface area contributed by atoms with Crippen LogP contribution in [0.1, 0.15) is 37.5 Å². The molecule has 0 heterocycles. The Balaban J connectivity index is 2.86. The van der Waals surface area contributed by atoms with E-state index in [0.717, 1.165) is 11.1 Å². The van der Waals surface area contributed by atoms with Gasteiger partial charge in [0, 0.05) is 17.1 Å². The molecule has 0 aliphatic carbocycles. The number of carboxylic acids is 1. The second-order valence-corrected chi connectivity index (χ2v) is 6.35. The van der Waals surface area contributed by atoms with Crippen LogP contribution in [0.3, 0.4) is 0 Å². The van der Waals surface area contributed by atoms with Crippen LogP contribution >= 0.6 is 0 Å². The van der Waals surface area contributed by atoms with E-state index in [2.05, 4.69) is 15.3 Å². The summed E-state index contributed by atoms with van der Waals surface area (Å²) < 4.78 is 5.20. The van der Waals surface area contributed by atoms with E-state index in [1.54, 1.807) is 39.8 Å². The molecule has 0 saturated carbocycles. The van der Waals surface area contributed by atoms with Crippen LogP contribution in [-0.2, 0) is 27.3 Å². The molecule has 0 aliphatic rings. The molecule has 0 unspecified atom stereocenters. The number of azide groups is 1. The van der Waals surface area contributed by atoms with Gasteiger partial charge in [0.2, 0.25) is 0 Å². The number of aliphatic carboxylic acids is 1. The minimum atomic E-state index is -0.974. The lowest BCUT2D eigenvalue weighted by Gasteiger charge is -2.19. The molecular formula is C16H22N4O4. The van der Waals surface area contributed by atoms with Crippen molar-refractivity contribution in [3.05, 3.63) is 39.3 Å². The number of rotatable bonds is 7. The number of hydrogen-bond donors (Lipinski definition) is 2. The predicted molar refractivity (Wildman–Crippen MR) is 88.9 cm³/mol. The Morgan fingerprint density at radius 2 is 2.04 bits per heavy atom. The van der Waals surface area contributed by atoms with Crippen molar-refractivity contribution in [2.75, 3.05) is 6.54 Å². The number of carbonyl (C=O) groups excluding carboxylic acids is 1. The highest BCUT2D eigenvalue weighted by Crippen LogP contribution is 2.25. The summed E-state index contributed by atoms with van der Waals surface area (Å²) in [6.07, 6.45) is -0.173. The summed E-state index contributed by atoms with van der Waals surface area (Å²) in [6, 6.07) is 3.28. The lowest BCUT2D eigenvalue weighted by molar-refractivity contribution is -0.153. The van der Waals surface area contributed by atoms with E-state index in [1.807, 2.05) is 0 Å². The van der Waals surface area contributed by atoms with Crippen LogP contribution in [0.15, 0.2) is 17.2 Å².